The molecule has 2 aromatic rings. The number of alkyl halides is 3. The third kappa shape index (κ3) is 4.91. The lowest BCUT2D eigenvalue weighted by Gasteiger charge is -2.33. The molecule has 0 unspecified atom stereocenters. The first-order chi connectivity index (χ1) is 14.1. The molecular weight excluding hydrogens is 393 g/mol. The average molecular weight is 420 g/mol. The molecule has 1 fully saturated rings. The van der Waals surface area contributed by atoms with Crippen molar-refractivity contribution in [3.05, 3.63) is 53.5 Å². The number of hydrogen-bond donors (Lipinski definition) is 1. The second-order valence-corrected chi connectivity index (χ2v) is 8.37. The number of piperidine rings is 1. The number of carbonyl (C=O) groups is 1. The smallest absolute Gasteiger partial charge is 0.356 e. The van der Waals surface area contributed by atoms with Crippen molar-refractivity contribution in [2.24, 2.45) is 5.92 Å². The standard InChI is InChI=1S/C22H27F3N4O/c1-15-9-12-29(13-10-15)19-16(7-8-18(28-19)22(23,24)25)14-27-20(30)21(2,3)17-6-4-5-11-26-17/h4-8,11,15H,9-10,12-14H2,1-3H3,(H,27,30). The summed E-state index contributed by atoms with van der Waals surface area (Å²) in [5.74, 6) is 0.585. The lowest BCUT2D eigenvalue weighted by atomic mass is 9.87. The molecular formula is C22H27F3N4O. The number of pyridine rings is 2. The summed E-state index contributed by atoms with van der Waals surface area (Å²) in [7, 11) is 0. The van der Waals surface area contributed by atoms with Gasteiger partial charge in [-0.1, -0.05) is 19.1 Å². The first-order valence-corrected chi connectivity index (χ1v) is 10.1. The van der Waals surface area contributed by atoms with Gasteiger partial charge in [0.2, 0.25) is 5.91 Å². The minimum Gasteiger partial charge on any atom is -0.356 e. The molecule has 2 aromatic heterocycles. The van der Waals surface area contributed by atoms with Crippen molar-refractivity contribution in [3.63, 3.8) is 0 Å². The van der Waals surface area contributed by atoms with Crippen LogP contribution in [0.15, 0.2) is 36.5 Å². The van der Waals surface area contributed by atoms with E-state index >= 15 is 0 Å². The molecule has 3 rings (SSSR count). The molecule has 0 radical (unpaired) electrons. The second-order valence-electron chi connectivity index (χ2n) is 8.37. The Morgan fingerprint density at radius 3 is 2.43 bits per heavy atom. The van der Waals surface area contributed by atoms with Crippen LogP contribution in [0.1, 0.15) is 50.6 Å². The number of rotatable bonds is 5. The van der Waals surface area contributed by atoms with E-state index in [1.54, 1.807) is 32.2 Å². The van der Waals surface area contributed by atoms with Crippen molar-refractivity contribution in [1.82, 2.24) is 15.3 Å². The van der Waals surface area contributed by atoms with E-state index < -0.39 is 17.3 Å². The van der Waals surface area contributed by atoms with Crippen LogP contribution in [0.2, 0.25) is 0 Å². The number of hydrogen-bond acceptors (Lipinski definition) is 4. The Hall–Kier alpha value is -2.64. The van der Waals surface area contributed by atoms with Gasteiger partial charge in [-0.3, -0.25) is 9.78 Å². The molecule has 1 N–H and O–H groups in total. The van der Waals surface area contributed by atoms with Crippen LogP contribution in [-0.2, 0) is 22.9 Å². The van der Waals surface area contributed by atoms with Crippen molar-refractivity contribution in [1.29, 1.82) is 0 Å². The minimum atomic E-state index is -4.51. The maximum atomic E-state index is 13.2. The molecule has 1 amide bonds. The second kappa shape index (κ2) is 8.62. The van der Waals surface area contributed by atoms with E-state index in [1.807, 2.05) is 11.0 Å². The van der Waals surface area contributed by atoms with Gasteiger partial charge in [-0.25, -0.2) is 4.98 Å². The Balaban J connectivity index is 1.82. The molecule has 0 aliphatic carbocycles. The molecule has 0 saturated carbocycles. The van der Waals surface area contributed by atoms with E-state index in [-0.39, 0.29) is 12.5 Å². The van der Waals surface area contributed by atoms with Gasteiger partial charge in [0.15, 0.2) is 0 Å². The number of nitrogens with zero attached hydrogens (tertiary/aromatic N) is 3. The Kier molecular flexibility index (Phi) is 6.33. The molecule has 0 bridgehead atoms. The molecule has 0 atom stereocenters. The van der Waals surface area contributed by atoms with Gasteiger partial charge in [-0.2, -0.15) is 13.2 Å². The summed E-state index contributed by atoms with van der Waals surface area (Å²) >= 11 is 0. The first kappa shape index (κ1) is 22.1. The molecule has 3 heterocycles. The van der Waals surface area contributed by atoms with Crippen LogP contribution >= 0.6 is 0 Å². The molecule has 30 heavy (non-hydrogen) atoms. The molecule has 0 spiro atoms. The number of carbonyl (C=O) groups excluding carboxylic acids is 1. The largest absolute Gasteiger partial charge is 0.433 e. The first-order valence-electron chi connectivity index (χ1n) is 10.1. The Morgan fingerprint density at radius 1 is 1.13 bits per heavy atom. The Morgan fingerprint density at radius 2 is 1.83 bits per heavy atom. The predicted octanol–water partition coefficient (Wildman–Crippen LogP) is 4.33. The molecule has 1 aliphatic heterocycles. The molecule has 5 nitrogen and oxygen atoms in total. The summed E-state index contributed by atoms with van der Waals surface area (Å²) in [6, 6.07) is 7.75. The topological polar surface area (TPSA) is 58.1 Å². The maximum Gasteiger partial charge on any atom is 0.433 e. The van der Waals surface area contributed by atoms with Crippen LogP contribution in [0, 0.1) is 5.92 Å². The van der Waals surface area contributed by atoms with E-state index in [1.165, 1.54) is 6.07 Å². The summed E-state index contributed by atoms with van der Waals surface area (Å²) < 4.78 is 39.7. The van der Waals surface area contributed by atoms with Crippen molar-refractivity contribution >= 4 is 11.7 Å². The van der Waals surface area contributed by atoms with Crippen LogP contribution in [-0.4, -0.2) is 29.0 Å². The SMILES string of the molecule is CC1CCN(c2nc(C(F)(F)F)ccc2CNC(=O)C(C)(C)c2ccccn2)CC1. The zero-order valence-electron chi connectivity index (χ0n) is 17.5. The third-order valence-electron chi connectivity index (χ3n) is 5.64. The fraction of sp³-hybridized carbons (Fsp3) is 0.500. The van der Waals surface area contributed by atoms with Gasteiger partial charge in [0.05, 0.1) is 11.1 Å². The summed E-state index contributed by atoms with van der Waals surface area (Å²) in [6.07, 6.45) is -1.09. The van der Waals surface area contributed by atoms with Gasteiger partial charge in [0.25, 0.3) is 0 Å². The van der Waals surface area contributed by atoms with Crippen LogP contribution in [0.3, 0.4) is 0 Å². The molecule has 1 saturated heterocycles. The molecule has 8 heteroatoms. The summed E-state index contributed by atoms with van der Waals surface area (Å²) in [6.45, 7) is 7.07. The van der Waals surface area contributed by atoms with E-state index in [9.17, 15) is 18.0 Å². The summed E-state index contributed by atoms with van der Waals surface area (Å²) in [4.78, 5) is 22.9. The van der Waals surface area contributed by atoms with Crippen molar-refractivity contribution in [3.8, 4) is 0 Å². The number of halogens is 3. The highest BCUT2D eigenvalue weighted by atomic mass is 19.4. The average Bonchev–Trinajstić information content (AvgIpc) is 2.72. The Labute approximate surface area is 174 Å². The van der Waals surface area contributed by atoms with Crippen LogP contribution in [0.25, 0.3) is 0 Å². The summed E-state index contributed by atoms with van der Waals surface area (Å²) in [5.41, 5.74) is -0.595. The predicted molar refractivity (Wildman–Crippen MR) is 109 cm³/mol. The fourth-order valence-corrected chi connectivity index (χ4v) is 3.51. The van der Waals surface area contributed by atoms with Gasteiger partial charge in [-0.05, 0) is 50.8 Å². The van der Waals surface area contributed by atoms with Crippen LogP contribution in [0.4, 0.5) is 19.0 Å². The van der Waals surface area contributed by atoms with Gasteiger partial charge >= 0.3 is 6.18 Å². The minimum absolute atomic E-state index is 0.0988. The zero-order chi connectivity index (χ0) is 21.9. The normalized spacial score (nSPS) is 15.9. The number of amides is 1. The van der Waals surface area contributed by atoms with Gasteiger partial charge in [-0.15, -0.1) is 0 Å². The number of anilines is 1. The summed E-state index contributed by atoms with van der Waals surface area (Å²) in [5, 5.41) is 2.86. The Bertz CT molecular complexity index is 876. The van der Waals surface area contributed by atoms with Gasteiger partial charge < -0.3 is 10.2 Å². The van der Waals surface area contributed by atoms with Crippen LogP contribution < -0.4 is 10.2 Å². The monoisotopic (exact) mass is 420 g/mol. The number of nitrogens with one attached hydrogen (secondary N) is 1. The van der Waals surface area contributed by atoms with E-state index in [0.717, 1.165) is 18.9 Å². The quantitative estimate of drug-likeness (QED) is 0.783. The van der Waals surface area contributed by atoms with Crippen molar-refractivity contribution < 1.29 is 18.0 Å². The van der Waals surface area contributed by atoms with E-state index in [2.05, 4.69) is 22.2 Å². The molecule has 162 valence electrons. The van der Waals surface area contributed by atoms with Crippen LogP contribution in [0.5, 0.6) is 0 Å². The zero-order valence-corrected chi connectivity index (χ0v) is 17.5. The lowest BCUT2D eigenvalue weighted by molar-refractivity contribution is -0.141. The molecule has 0 aromatic carbocycles. The van der Waals surface area contributed by atoms with Gasteiger partial charge in [0, 0.05) is 31.4 Å². The number of aromatic nitrogens is 2. The van der Waals surface area contributed by atoms with E-state index in [0.29, 0.717) is 36.1 Å². The van der Waals surface area contributed by atoms with Crippen molar-refractivity contribution in [2.45, 2.75) is 51.7 Å². The highest BCUT2D eigenvalue weighted by Gasteiger charge is 2.35. The lowest BCUT2D eigenvalue weighted by Crippen LogP contribution is -2.41. The van der Waals surface area contributed by atoms with Gasteiger partial charge in [0.1, 0.15) is 11.5 Å². The highest BCUT2D eigenvalue weighted by molar-refractivity contribution is 5.86. The fourth-order valence-electron chi connectivity index (χ4n) is 3.51. The maximum absolute atomic E-state index is 13.2. The highest BCUT2D eigenvalue weighted by Crippen LogP contribution is 2.32. The third-order valence-corrected chi connectivity index (χ3v) is 5.64. The van der Waals surface area contributed by atoms with Crippen molar-refractivity contribution in [2.75, 3.05) is 18.0 Å². The molecule has 1 aliphatic rings. The van der Waals surface area contributed by atoms with E-state index in [4.69, 9.17) is 0 Å².